The molecule has 1 rings (SSSR count). The molecule has 1 N–H and O–H groups in total. The molecule has 0 unspecified atom stereocenters. The van der Waals surface area contributed by atoms with E-state index in [1.807, 2.05) is 17.8 Å². The molecule has 0 heterocycles. The van der Waals surface area contributed by atoms with Gasteiger partial charge in [0.05, 0.1) is 9.40 Å². The second kappa shape index (κ2) is 10.2. The molecule has 0 aliphatic carbocycles. The van der Waals surface area contributed by atoms with Gasteiger partial charge in [-0.2, -0.15) is 11.8 Å². The van der Waals surface area contributed by atoms with Crippen LogP contribution in [0.25, 0.3) is 0 Å². The van der Waals surface area contributed by atoms with Crippen LogP contribution in [0.2, 0.25) is 0 Å². The zero-order chi connectivity index (χ0) is 14.8. The molecule has 4 nitrogen and oxygen atoms in total. The fourth-order valence-electron chi connectivity index (χ4n) is 1.89. The summed E-state index contributed by atoms with van der Waals surface area (Å²) in [4.78, 5) is 10.5. The van der Waals surface area contributed by atoms with Crippen molar-refractivity contribution in [2.45, 2.75) is 32.2 Å². The molecule has 0 saturated carbocycles. The van der Waals surface area contributed by atoms with Crippen LogP contribution in [0.15, 0.2) is 22.7 Å². The largest absolute Gasteiger partial charge is 0.313 e. The summed E-state index contributed by atoms with van der Waals surface area (Å²) in [6.45, 7) is 1.64. The van der Waals surface area contributed by atoms with Crippen LogP contribution >= 0.6 is 27.7 Å². The second-order valence-corrected chi connectivity index (χ2v) is 6.47. The van der Waals surface area contributed by atoms with E-state index in [2.05, 4.69) is 27.5 Å². The molecule has 0 atom stereocenters. The number of rotatable bonds is 10. The van der Waals surface area contributed by atoms with E-state index in [0.717, 1.165) is 18.5 Å². The first-order valence-corrected chi connectivity index (χ1v) is 8.96. The Hall–Kier alpha value is -0.590. The molecule has 0 amide bonds. The van der Waals surface area contributed by atoms with Gasteiger partial charge in [-0.1, -0.05) is 18.9 Å². The first-order chi connectivity index (χ1) is 9.65. The lowest BCUT2D eigenvalue weighted by Crippen LogP contribution is -2.14. The van der Waals surface area contributed by atoms with E-state index in [1.165, 1.54) is 25.0 Å². The average Bonchev–Trinajstić information content (AvgIpc) is 2.43. The van der Waals surface area contributed by atoms with Gasteiger partial charge in [-0.05, 0) is 59.0 Å². The standard InChI is InChI=1S/C14H21BrN2O2S/c1-20-9-5-3-2-4-8-16-11-12-6-7-13(15)14(10-12)17(18)19/h6-7,10,16H,2-5,8-9,11H2,1H3. The Morgan fingerprint density at radius 2 is 2.05 bits per heavy atom. The van der Waals surface area contributed by atoms with Crippen molar-refractivity contribution < 1.29 is 4.92 Å². The van der Waals surface area contributed by atoms with Crippen LogP contribution in [-0.4, -0.2) is 23.5 Å². The number of nitrogens with zero attached hydrogens (tertiary/aromatic N) is 1. The highest BCUT2D eigenvalue weighted by Crippen LogP contribution is 2.25. The highest BCUT2D eigenvalue weighted by molar-refractivity contribution is 9.10. The van der Waals surface area contributed by atoms with Gasteiger partial charge in [-0.3, -0.25) is 10.1 Å². The van der Waals surface area contributed by atoms with E-state index in [9.17, 15) is 10.1 Å². The van der Waals surface area contributed by atoms with E-state index in [4.69, 9.17) is 0 Å². The number of halogens is 1. The Labute approximate surface area is 133 Å². The Morgan fingerprint density at radius 3 is 2.75 bits per heavy atom. The minimum atomic E-state index is -0.362. The maximum Gasteiger partial charge on any atom is 0.283 e. The van der Waals surface area contributed by atoms with Crippen LogP contribution < -0.4 is 5.32 Å². The maximum atomic E-state index is 10.8. The minimum Gasteiger partial charge on any atom is -0.313 e. The molecule has 0 aliphatic rings. The first-order valence-electron chi connectivity index (χ1n) is 6.77. The fraction of sp³-hybridized carbons (Fsp3) is 0.571. The molecule has 1 aromatic rings. The second-order valence-electron chi connectivity index (χ2n) is 4.63. The van der Waals surface area contributed by atoms with Crippen molar-refractivity contribution >= 4 is 33.4 Å². The highest BCUT2D eigenvalue weighted by atomic mass is 79.9. The Kier molecular flexibility index (Phi) is 8.89. The number of nitro groups is 1. The van der Waals surface area contributed by atoms with E-state index in [1.54, 1.807) is 12.1 Å². The summed E-state index contributed by atoms with van der Waals surface area (Å²) in [6, 6.07) is 5.26. The van der Waals surface area contributed by atoms with Crippen LogP contribution in [0, 0.1) is 10.1 Å². The summed E-state index contributed by atoms with van der Waals surface area (Å²) in [5, 5.41) is 14.2. The monoisotopic (exact) mass is 360 g/mol. The molecule has 0 aliphatic heterocycles. The van der Waals surface area contributed by atoms with Crippen molar-refractivity contribution in [2.75, 3.05) is 18.6 Å². The molecular formula is C14H21BrN2O2S. The zero-order valence-corrected chi connectivity index (χ0v) is 14.1. The van der Waals surface area contributed by atoms with Crippen molar-refractivity contribution in [3.63, 3.8) is 0 Å². The molecule has 0 radical (unpaired) electrons. The number of nitro benzene ring substituents is 1. The summed E-state index contributed by atoms with van der Waals surface area (Å²) >= 11 is 5.09. The zero-order valence-electron chi connectivity index (χ0n) is 11.7. The number of nitrogens with one attached hydrogen (secondary N) is 1. The van der Waals surface area contributed by atoms with E-state index in [0.29, 0.717) is 11.0 Å². The summed E-state index contributed by atoms with van der Waals surface area (Å²) in [5.41, 5.74) is 1.07. The molecule has 0 aromatic heterocycles. The third-order valence-corrected chi connectivity index (χ3v) is 4.36. The van der Waals surface area contributed by atoms with Crippen molar-refractivity contribution in [3.8, 4) is 0 Å². The predicted octanol–water partition coefficient (Wildman–Crippen LogP) is 4.37. The topological polar surface area (TPSA) is 55.2 Å². The maximum absolute atomic E-state index is 10.8. The lowest BCUT2D eigenvalue weighted by atomic mass is 10.2. The van der Waals surface area contributed by atoms with Gasteiger partial charge in [-0.25, -0.2) is 0 Å². The van der Waals surface area contributed by atoms with Crippen LogP contribution in [-0.2, 0) is 6.54 Å². The summed E-state index contributed by atoms with van der Waals surface area (Å²) < 4.78 is 0.528. The van der Waals surface area contributed by atoms with Crippen LogP contribution in [0.3, 0.4) is 0 Å². The summed E-state index contributed by atoms with van der Waals surface area (Å²) in [7, 11) is 0. The van der Waals surface area contributed by atoms with Crippen LogP contribution in [0.4, 0.5) is 5.69 Å². The molecule has 20 heavy (non-hydrogen) atoms. The smallest absolute Gasteiger partial charge is 0.283 e. The number of thioether (sulfide) groups is 1. The molecule has 0 spiro atoms. The van der Waals surface area contributed by atoms with Gasteiger partial charge in [0.2, 0.25) is 0 Å². The third-order valence-electron chi connectivity index (χ3n) is 2.99. The molecular weight excluding hydrogens is 340 g/mol. The Morgan fingerprint density at radius 1 is 1.30 bits per heavy atom. The molecule has 112 valence electrons. The van der Waals surface area contributed by atoms with Crippen LogP contribution in [0.1, 0.15) is 31.2 Å². The van der Waals surface area contributed by atoms with Crippen LogP contribution in [0.5, 0.6) is 0 Å². The Balaban J connectivity index is 2.22. The van der Waals surface area contributed by atoms with Crippen molar-refractivity contribution in [1.82, 2.24) is 5.32 Å². The van der Waals surface area contributed by atoms with E-state index in [-0.39, 0.29) is 10.6 Å². The van der Waals surface area contributed by atoms with Gasteiger partial charge in [0.25, 0.3) is 5.69 Å². The lowest BCUT2D eigenvalue weighted by Gasteiger charge is -2.05. The van der Waals surface area contributed by atoms with Gasteiger partial charge in [0.1, 0.15) is 0 Å². The van der Waals surface area contributed by atoms with Gasteiger partial charge < -0.3 is 5.32 Å². The third kappa shape index (κ3) is 6.72. The van der Waals surface area contributed by atoms with Crippen molar-refractivity contribution in [2.24, 2.45) is 0 Å². The normalized spacial score (nSPS) is 10.7. The van der Waals surface area contributed by atoms with Gasteiger partial charge in [0, 0.05) is 12.6 Å². The predicted molar refractivity (Wildman–Crippen MR) is 89.4 cm³/mol. The molecule has 0 bridgehead atoms. The van der Waals surface area contributed by atoms with E-state index < -0.39 is 0 Å². The molecule has 0 fully saturated rings. The quantitative estimate of drug-likeness (QED) is 0.382. The van der Waals surface area contributed by atoms with E-state index >= 15 is 0 Å². The number of unbranched alkanes of at least 4 members (excludes halogenated alkanes) is 3. The molecule has 6 heteroatoms. The highest BCUT2D eigenvalue weighted by Gasteiger charge is 2.11. The van der Waals surface area contributed by atoms with Crippen molar-refractivity contribution in [1.29, 1.82) is 0 Å². The Bertz CT molecular complexity index is 430. The molecule has 0 saturated heterocycles. The first kappa shape index (κ1) is 17.5. The van der Waals surface area contributed by atoms with Gasteiger partial charge in [0.15, 0.2) is 0 Å². The number of hydrogen-bond acceptors (Lipinski definition) is 4. The SMILES string of the molecule is CSCCCCCCNCc1ccc(Br)c([N+](=O)[O-])c1. The summed E-state index contributed by atoms with van der Waals surface area (Å²) in [5.74, 6) is 1.25. The fourth-order valence-corrected chi connectivity index (χ4v) is 2.78. The summed E-state index contributed by atoms with van der Waals surface area (Å²) in [6.07, 6.45) is 7.12. The minimum absolute atomic E-state index is 0.126. The van der Waals surface area contributed by atoms with Crippen molar-refractivity contribution in [3.05, 3.63) is 38.3 Å². The lowest BCUT2D eigenvalue weighted by molar-refractivity contribution is -0.385. The number of benzene rings is 1. The van der Waals surface area contributed by atoms with Gasteiger partial charge in [-0.15, -0.1) is 0 Å². The number of hydrogen-bond donors (Lipinski definition) is 1. The average molecular weight is 361 g/mol. The van der Waals surface area contributed by atoms with Gasteiger partial charge >= 0.3 is 0 Å². The molecule has 1 aromatic carbocycles.